The molecular formula is C15H14N4O4S. The first kappa shape index (κ1) is 17.2. The van der Waals surface area contributed by atoms with E-state index in [1.54, 1.807) is 0 Å². The molecule has 0 aromatic heterocycles. The van der Waals surface area contributed by atoms with Crippen molar-refractivity contribution in [1.82, 2.24) is 10.7 Å². The van der Waals surface area contributed by atoms with Gasteiger partial charge in [0.1, 0.15) is 5.75 Å². The van der Waals surface area contributed by atoms with Gasteiger partial charge in [0.25, 0.3) is 0 Å². The first-order valence-electron chi connectivity index (χ1n) is 6.78. The van der Waals surface area contributed by atoms with Crippen LogP contribution in [0.15, 0.2) is 47.6 Å². The van der Waals surface area contributed by atoms with Crippen molar-refractivity contribution < 1.29 is 15.1 Å². The molecule has 0 spiro atoms. The van der Waals surface area contributed by atoms with E-state index in [1.807, 2.05) is 30.3 Å². The molecule has 0 aliphatic carbocycles. The Kier molecular flexibility index (Phi) is 5.63. The zero-order chi connectivity index (χ0) is 17.5. The Bertz CT molecular complexity index is 781. The van der Waals surface area contributed by atoms with Crippen LogP contribution in [0.4, 0.5) is 5.69 Å². The average Bonchev–Trinajstić information content (AvgIpc) is 2.55. The van der Waals surface area contributed by atoms with Crippen LogP contribution in [-0.4, -0.2) is 26.5 Å². The van der Waals surface area contributed by atoms with E-state index in [-0.39, 0.29) is 16.4 Å². The molecule has 4 N–H and O–H groups in total. The molecule has 8 nitrogen and oxygen atoms in total. The number of phenolic OH excluding ortho intramolecular Hbond substituents is 2. The number of nitro benzene ring substituents is 1. The number of hydrogen-bond acceptors (Lipinski definition) is 6. The van der Waals surface area contributed by atoms with Gasteiger partial charge in [-0.1, -0.05) is 30.3 Å². The van der Waals surface area contributed by atoms with Gasteiger partial charge in [0.15, 0.2) is 10.9 Å². The van der Waals surface area contributed by atoms with E-state index in [4.69, 9.17) is 12.2 Å². The lowest BCUT2D eigenvalue weighted by Crippen LogP contribution is -2.31. The molecule has 0 atom stereocenters. The van der Waals surface area contributed by atoms with Gasteiger partial charge in [-0.15, -0.1) is 0 Å². The molecule has 0 aliphatic rings. The van der Waals surface area contributed by atoms with E-state index in [2.05, 4.69) is 15.8 Å². The Morgan fingerprint density at radius 2 is 1.96 bits per heavy atom. The molecular weight excluding hydrogens is 332 g/mol. The standard InChI is InChI=1S/C15H14N4O4S/c20-13-7-14(21)12(19(22)23)6-11(13)9-17-18-15(24)16-8-10-4-2-1-3-5-10/h1-7,9,20-21H,8H2,(H2,16,18,24)/b17-9+. The Labute approximate surface area is 142 Å². The number of rotatable bonds is 5. The molecule has 2 aromatic carbocycles. The fourth-order valence-electron chi connectivity index (χ4n) is 1.81. The van der Waals surface area contributed by atoms with Crippen LogP contribution in [0.1, 0.15) is 11.1 Å². The average molecular weight is 346 g/mol. The van der Waals surface area contributed by atoms with Crippen LogP contribution < -0.4 is 10.7 Å². The first-order valence-corrected chi connectivity index (χ1v) is 7.19. The molecule has 0 unspecified atom stereocenters. The Morgan fingerprint density at radius 3 is 2.62 bits per heavy atom. The molecule has 0 saturated heterocycles. The summed E-state index contributed by atoms with van der Waals surface area (Å²) in [6, 6.07) is 11.5. The third kappa shape index (κ3) is 4.65. The van der Waals surface area contributed by atoms with E-state index in [0.29, 0.717) is 6.54 Å². The fraction of sp³-hybridized carbons (Fsp3) is 0.0667. The van der Waals surface area contributed by atoms with Crippen molar-refractivity contribution in [2.45, 2.75) is 6.54 Å². The van der Waals surface area contributed by atoms with Crippen molar-refractivity contribution in [2.24, 2.45) is 5.10 Å². The normalized spacial score (nSPS) is 10.5. The van der Waals surface area contributed by atoms with Crippen molar-refractivity contribution in [1.29, 1.82) is 0 Å². The smallest absolute Gasteiger partial charge is 0.311 e. The number of hydrazone groups is 1. The molecule has 0 fully saturated rings. The van der Waals surface area contributed by atoms with E-state index in [9.17, 15) is 20.3 Å². The molecule has 0 saturated carbocycles. The quantitative estimate of drug-likeness (QED) is 0.283. The monoisotopic (exact) mass is 346 g/mol. The molecule has 0 aliphatic heterocycles. The maximum Gasteiger partial charge on any atom is 0.311 e. The van der Waals surface area contributed by atoms with Gasteiger partial charge < -0.3 is 15.5 Å². The lowest BCUT2D eigenvalue weighted by molar-refractivity contribution is -0.385. The van der Waals surface area contributed by atoms with Crippen molar-refractivity contribution in [3.05, 3.63) is 63.7 Å². The number of benzene rings is 2. The van der Waals surface area contributed by atoms with Gasteiger partial charge in [-0.3, -0.25) is 15.5 Å². The van der Waals surface area contributed by atoms with Crippen LogP contribution in [0.5, 0.6) is 11.5 Å². The van der Waals surface area contributed by atoms with Crippen molar-refractivity contribution in [3.63, 3.8) is 0 Å². The molecule has 2 aromatic rings. The third-order valence-electron chi connectivity index (χ3n) is 2.99. The molecule has 124 valence electrons. The highest BCUT2D eigenvalue weighted by Gasteiger charge is 2.16. The Balaban J connectivity index is 1.95. The number of nitro groups is 1. The van der Waals surface area contributed by atoms with Gasteiger partial charge >= 0.3 is 5.69 Å². The molecule has 2 rings (SSSR count). The molecule has 24 heavy (non-hydrogen) atoms. The molecule has 0 amide bonds. The Hall–Kier alpha value is -3.20. The summed E-state index contributed by atoms with van der Waals surface area (Å²) >= 11 is 5.04. The first-order chi connectivity index (χ1) is 11.5. The van der Waals surface area contributed by atoms with E-state index in [0.717, 1.165) is 23.9 Å². The summed E-state index contributed by atoms with van der Waals surface area (Å²) < 4.78 is 0. The number of nitrogens with one attached hydrogen (secondary N) is 2. The molecule has 9 heteroatoms. The topological polar surface area (TPSA) is 120 Å². The Morgan fingerprint density at radius 1 is 1.25 bits per heavy atom. The van der Waals surface area contributed by atoms with Crippen LogP contribution >= 0.6 is 12.2 Å². The summed E-state index contributed by atoms with van der Waals surface area (Å²) in [6.45, 7) is 0.512. The second-order valence-electron chi connectivity index (χ2n) is 4.70. The largest absolute Gasteiger partial charge is 0.507 e. The zero-order valence-electron chi connectivity index (χ0n) is 12.3. The number of phenols is 2. The van der Waals surface area contributed by atoms with Crippen LogP contribution in [0.3, 0.4) is 0 Å². The fourth-order valence-corrected chi connectivity index (χ4v) is 1.93. The highest BCUT2D eigenvalue weighted by molar-refractivity contribution is 7.80. The molecule has 0 heterocycles. The second kappa shape index (κ2) is 7.88. The van der Waals surface area contributed by atoms with Crippen molar-refractivity contribution in [3.8, 4) is 11.5 Å². The SMILES string of the molecule is O=[N+]([O-])c1cc(/C=N/NC(=S)NCc2ccccc2)c(O)cc1O. The lowest BCUT2D eigenvalue weighted by atomic mass is 10.2. The van der Waals surface area contributed by atoms with Crippen LogP contribution in [-0.2, 0) is 6.54 Å². The highest BCUT2D eigenvalue weighted by Crippen LogP contribution is 2.31. The number of nitrogens with zero attached hydrogens (tertiary/aromatic N) is 2. The summed E-state index contributed by atoms with van der Waals surface area (Å²) in [5.74, 6) is -0.963. The summed E-state index contributed by atoms with van der Waals surface area (Å²) in [6.07, 6.45) is 1.16. The summed E-state index contributed by atoms with van der Waals surface area (Å²) in [7, 11) is 0. The predicted octanol–water partition coefficient (Wildman–Crippen LogP) is 2.00. The maximum atomic E-state index is 10.8. The van der Waals surface area contributed by atoms with Crippen molar-refractivity contribution in [2.75, 3.05) is 0 Å². The number of hydrogen-bond donors (Lipinski definition) is 4. The number of aromatic hydroxyl groups is 2. The maximum absolute atomic E-state index is 10.8. The minimum Gasteiger partial charge on any atom is -0.507 e. The minimum absolute atomic E-state index is 0.0675. The minimum atomic E-state index is -0.758. The number of thiocarbonyl (C=S) groups is 1. The zero-order valence-corrected chi connectivity index (χ0v) is 13.2. The summed E-state index contributed by atoms with van der Waals surface area (Å²) in [5.41, 5.74) is 3.12. The van der Waals surface area contributed by atoms with Crippen molar-refractivity contribution >= 4 is 29.2 Å². The summed E-state index contributed by atoms with van der Waals surface area (Å²) in [5, 5.41) is 36.8. The van der Waals surface area contributed by atoms with Gasteiger partial charge in [-0.25, -0.2) is 0 Å². The van der Waals surface area contributed by atoms with Crippen LogP contribution in [0, 0.1) is 10.1 Å². The predicted molar refractivity (Wildman–Crippen MR) is 93.0 cm³/mol. The van der Waals surface area contributed by atoms with E-state index < -0.39 is 16.4 Å². The van der Waals surface area contributed by atoms with Gasteiger partial charge in [0.05, 0.1) is 11.1 Å². The highest BCUT2D eigenvalue weighted by atomic mass is 32.1. The summed E-state index contributed by atoms with van der Waals surface area (Å²) in [4.78, 5) is 10.0. The van der Waals surface area contributed by atoms with E-state index >= 15 is 0 Å². The van der Waals surface area contributed by atoms with Gasteiger partial charge in [-0.2, -0.15) is 5.10 Å². The lowest BCUT2D eigenvalue weighted by Gasteiger charge is -2.07. The molecule has 0 bridgehead atoms. The third-order valence-corrected chi connectivity index (χ3v) is 3.22. The van der Waals surface area contributed by atoms with E-state index in [1.165, 1.54) is 0 Å². The van der Waals surface area contributed by atoms with Crippen LogP contribution in [0.25, 0.3) is 0 Å². The van der Waals surface area contributed by atoms with Gasteiger partial charge in [-0.05, 0) is 17.8 Å². The second-order valence-corrected chi connectivity index (χ2v) is 5.10. The van der Waals surface area contributed by atoms with Crippen LogP contribution in [0.2, 0.25) is 0 Å². The van der Waals surface area contributed by atoms with Gasteiger partial charge in [0.2, 0.25) is 0 Å². The molecule has 0 radical (unpaired) electrons. The van der Waals surface area contributed by atoms with Gasteiger partial charge in [0, 0.05) is 24.2 Å².